The van der Waals surface area contributed by atoms with E-state index in [4.69, 9.17) is 8.83 Å². The minimum atomic E-state index is -0.133. The first kappa shape index (κ1) is 17.0. The molecular weight excluding hydrogens is 318 g/mol. The number of aromatic nitrogens is 1. The number of amides is 1. The number of hydrogen-bond acceptors (Lipinski definition) is 5. The molecule has 1 aromatic carbocycles. The summed E-state index contributed by atoms with van der Waals surface area (Å²) in [6.07, 6.45) is 1.70. The molecule has 130 valence electrons. The van der Waals surface area contributed by atoms with Crippen molar-refractivity contribution < 1.29 is 13.6 Å². The van der Waals surface area contributed by atoms with Crippen molar-refractivity contribution in [3.8, 4) is 11.7 Å². The van der Waals surface area contributed by atoms with Crippen molar-refractivity contribution in [3.63, 3.8) is 0 Å². The molecule has 6 nitrogen and oxygen atoms in total. The number of benzene rings is 1. The zero-order chi connectivity index (χ0) is 17.6. The number of aryl methyl sites for hydroxylation is 1. The number of oxazole rings is 1. The number of rotatable bonds is 7. The molecule has 1 amide bonds. The molecule has 0 saturated carbocycles. The van der Waals surface area contributed by atoms with Gasteiger partial charge in [0.05, 0.1) is 18.4 Å². The lowest BCUT2D eigenvalue weighted by atomic mass is 10.1. The predicted octanol–water partition coefficient (Wildman–Crippen LogP) is 3.53. The topological polar surface area (TPSA) is 80.3 Å². The molecule has 0 atom stereocenters. The van der Waals surface area contributed by atoms with Crippen LogP contribution in [0.25, 0.3) is 11.7 Å². The van der Waals surface area contributed by atoms with Crippen molar-refractivity contribution >= 4 is 11.6 Å². The molecule has 0 radical (unpaired) electrons. The van der Waals surface area contributed by atoms with Gasteiger partial charge in [0.25, 0.3) is 5.89 Å². The minimum absolute atomic E-state index is 0.133. The second-order valence-corrected chi connectivity index (χ2v) is 5.66. The molecular formula is C19H21N3O3. The predicted molar refractivity (Wildman–Crippen MR) is 95.1 cm³/mol. The second kappa shape index (κ2) is 7.81. The van der Waals surface area contributed by atoms with Crippen LogP contribution in [0.2, 0.25) is 0 Å². The highest BCUT2D eigenvalue weighted by Crippen LogP contribution is 2.22. The summed E-state index contributed by atoms with van der Waals surface area (Å²) >= 11 is 0. The average molecular weight is 339 g/mol. The molecule has 0 fully saturated rings. The maximum atomic E-state index is 12.4. The highest BCUT2D eigenvalue weighted by atomic mass is 16.4. The van der Waals surface area contributed by atoms with Gasteiger partial charge < -0.3 is 19.5 Å². The maximum absolute atomic E-state index is 12.4. The first-order valence-electron chi connectivity index (χ1n) is 8.26. The molecule has 0 spiro atoms. The van der Waals surface area contributed by atoms with Crippen molar-refractivity contribution in [2.75, 3.05) is 11.9 Å². The molecule has 0 aliphatic carbocycles. The van der Waals surface area contributed by atoms with Gasteiger partial charge in [-0.2, -0.15) is 0 Å². The monoisotopic (exact) mass is 339 g/mol. The Morgan fingerprint density at radius 3 is 2.80 bits per heavy atom. The van der Waals surface area contributed by atoms with E-state index >= 15 is 0 Å². The van der Waals surface area contributed by atoms with Gasteiger partial charge in [-0.05, 0) is 37.2 Å². The number of carbonyl (C=O) groups is 1. The van der Waals surface area contributed by atoms with E-state index in [1.807, 2.05) is 31.2 Å². The summed E-state index contributed by atoms with van der Waals surface area (Å²) in [5, 5.41) is 6.22. The van der Waals surface area contributed by atoms with Crippen LogP contribution in [0.15, 0.2) is 51.5 Å². The SMILES string of the molecule is CCNCc1ccccc1NC(=O)Cc1nc(-c2ccco2)oc1C. The zero-order valence-corrected chi connectivity index (χ0v) is 14.3. The van der Waals surface area contributed by atoms with E-state index in [9.17, 15) is 4.79 Å². The molecule has 0 aliphatic heterocycles. The Hall–Kier alpha value is -2.86. The van der Waals surface area contributed by atoms with Crippen LogP contribution in [0, 0.1) is 6.92 Å². The van der Waals surface area contributed by atoms with E-state index in [1.165, 1.54) is 0 Å². The van der Waals surface area contributed by atoms with Crippen molar-refractivity contribution in [2.24, 2.45) is 0 Å². The van der Waals surface area contributed by atoms with Crippen molar-refractivity contribution in [1.29, 1.82) is 0 Å². The number of carbonyl (C=O) groups excluding carboxylic acids is 1. The number of nitrogens with one attached hydrogen (secondary N) is 2. The van der Waals surface area contributed by atoms with Crippen molar-refractivity contribution in [1.82, 2.24) is 10.3 Å². The zero-order valence-electron chi connectivity index (χ0n) is 14.3. The van der Waals surface area contributed by atoms with E-state index in [-0.39, 0.29) is 12.3 Å². The highest BCUT2D eigenvalue weighted by Gasteiger charge is 2.16. The van der Waals surface area contributed by atoms with Crippen molar-refractivity contribution in [2.45, 2.75) is 26.8 Å². The van der Waals surface area contributed by atoms with E-state index in [0.717, 1.165) is 17.8 Å². The van der Waals surface area contributed by atoms with Gasteiger partial charge in [0.2, 0.25) is 5.91 Å². The average Bonchev–Trinajstić information content (AvgIpc) is 3.24. The third-order valence-electron chi connectivity index (χ3n) is 3.81. The van der Waals surface area contributed by atoms with E-state index < -0.39 is 0 Å². The van der Waals surface area contributed by atoms with Crippen LogP contribution in [0.1, 0.15) is 23.9 Å². The Bertz CT molecular complexity index is 837. The first-order chi connectivity index (χ1) is 12.2. The summed E-state index contributed by atoms with van der Waals surface area (Å²) in [7, 11) is 0. The van der Waals surface area contributed by atoms with Gasteiger partial charge in [-0.3, -0.25) is 4.79 Å². The summed E-state index contributed by atoms with van der Waals surface area (Å²) in [6, 6.07) is 11.3. The lowest BCUT2D eigenvalue weighted by Gasteiger charge is -2.11. The Labute approximate surface area is 146 Å². The number of anilines is 1. The summed E-state index contributed by atoms with van der Waals surface area (Å²) in [5.74, 6) is 1.41. The van der Waals surface area contributed by atoms with Crippen LogP contribution in [-0.2, 0) is 17.8 Å². The van der Waals surface area contributed by atoms with Crippen LogP contribution in [0.5, 0.6) is 0 Å². The van der Waals surface area contributed by atoms with Crippen molar-refractivity contribution in [3.05, 3.63) is 59.7 Å². The van der Waals surface area contributed by atoms with Gasteiger partial charge in [0.1, 0.15) is 5.76 Å². The van der Waals surface area contributed by atoms with Crippen LogP contribution < -0.4 is 10.6 Å². The number of para-hydroxylation sites is 1. The van der Waals surface area contributed by atoms with E-state index in [0.29, 0.717) is 29.6 Å². The molecule has 0 aliphatic rings. The number of hydrogen-bond donors (Lipinski definition) is 2. The fourth-order valence-electron chi connectivity index (χ4n) is 2.50. The Balaban J connectivity index is 1.69. The van der Waals surface area contributed by atoms with Gasteiger partial charge in [-0.25, -0.2) is 4.98 Å². The fourth-order valence-corrected chi connectivity index (χ4v) is 2.50. The summed E-state index contributed by atoms with van der Waals surface area (Å²) in [6.45, 7) is 5.42. The Morgan fingerprint density at radius 2 is 2.04 bits per heavy atom. The van der Waals surface area contributed by atoms with Gasteiger partial charge in [0.15, 0.2) is 5.76 Å². The molecule has 0 bridgehead atoms. The normalized spacial score (nSPS) is 10.8. The molecule has 2 heterocycles. The summed E-state index contributed by atoms with van der Waals surface area (Å²) < 4.78 is 10.9. The van der Waals surface area contributed by atoms with E-state index in [2.05, 4.69) is 15.6 Å². The largest absolute Gasteiger partial charge is 0.459 e. The number of nitrogens with zero attached hydrogens (tertiary/aromatic N) is 1. The molecule has 2 N–H and O–H groups in total. The van der Waals surface area contributed by atoms with Gasteiger partial charge >= 0.3 is 0 Å². The van der Waals surface area contributed by atoms with Crippen LogP contribution in [0.4, 0.5) is 5.69 Å². The summed E-state index contributed by atoms with van der Waals surface area (Å²) in [5.41, 5.74) is 2.46. The minimum Gasteiger partial charge on any atom is -0.459 e. The number of furan rings is 1. The Kier molecular flexibility index (Phi) is 5.30. The molecule has 0 unspecified atom stereocenters. The van der Waals surface area contributed by atoms with Gasteiger partial charge in [-0.15, -0.1) is 0 Å². The third kappa shape index (κ3) is 4.16. The first-order valence-corrected chi connectivity index (χ1v) is 8.26. The van der Waals surface area contributed by atoms with Gasteiger partial charge in [0, 0.05) is 12.2 Å². The smallest absolute Gasteiger partial charge is 0.263 e. The van der Waals surface area contributed by atoms with E-state index in [1.54, 1.807) is 25.3 Å². The quantitative estimate of drug-likeness (QED) is 0.688. The van der Waals surface area contributed by atoms with Crippen LogP contribution in [-0.4, -0.2) is 17.4 Å². The molecule has 2 aromatic heterocycles. The fraction of sp³-hybridized carbons (Fsp3) is 0.263. The molecule has 3 aromatic rings. The van der Waals surface area contributed by atoms with Gasteiger partial charge in [-0.1, -0.05) is 25.1 Å². The molecule has 0 saturated heterocycles. The third-order valence-corrected chi connectivity index (χ3v) is 3.81. The molecule has 3 rings (SSSR count). The highest BCUT2D eigenvalue weighted by molar-refractivity contribution is 5.92. The Morgan fingerprint density at radius 1 is 1.20 bits per heavy atom. The lowest BCUT2D eigenvalue weighted by molar-refractivity contribution is -0.115. The van der Waals surface area contributed by atoms with Crippen LogP contribution in [0.3, 0.4) is 0 Å². The standard InChI is InChI=1S/C19H21N3O3/c1-3-20-12-14-7-4-5-8-15(14)21-18(23)11-16-13(2)25-19(22-16)17-9-6-10-24-17/h4-10,20H,3,11-12H2,1-2H3,(H,21,23). The second-order valence-electron chi connectivity index (χ2n) is 5.66. The summed E-state index contributed by atoms with van der Waals surface area (Å²) in [4.78, 5) is 16.8. The maximum Gasteiger partial charge on any atom is 0.263 e. The molecule has 6 heteroatoms. The lowest BCUT2D eigenvalue weighted by Crippen LogP contribution is -2.18. The molecule has 25 heavy (non-hydrogen) atoms. The van der Waals surface area contributed by atoms with Crippen LogP contribution >= 0.6 is 0 Å².